The number of aromatic amines is 1. The van der Waals surface area contributed by atoms with E-state index in [4.69, 9.17) is 23.8 Å². The molecule has 0 fully saturated rings. The topological polar surface area (TPSA) is 28.7 Å². The molecule has 0 bridgehead atoms. The largest absolute Gasteiger partial charge is 0.346 e. The molecule has 82 valence electrons. The van der Waals surface area contributed by atoms with Gasteiger partial charge in [0.05, 0.1) is 12.0 Å². The zero-order valence-corrected chi connectivity index (χ0v) is 9.99. The molecule has 1 aromatic heterocycles. The van der Waals surface area contributed by atoms with Crippen molar-refractivity contribution in [1.82, 2.24) is 9.97 Å². The predicted molar refractivity (Wildman–Crippen MR) is 64.6 cm³/mol. The van der Waals surface area contributed by atoms with Gasteiger partial charge in [-0.2, -0.15) is 0 Å². The molecular formula is C11H8ClFN2S. The van der Waals surface area contributed by atoms with E-state index in [1.54, 1.807) is 6.07 Å². The molecule has 0 unspecified atom stereocenters. The lowest BCUT2D eigenvalue weighted by molar-refractivity contribution is 0.628. The van der Waals surface area contributed by atoms with Crippen LogP contribution in [0.5, 0.6) is 0 Å². The summed E-state index contributed by atoms with van der Waals surface area (Å²) in [4.78, 5) is 6.89. The standard InChI is InChI=1S/C11H8ClFN2S/c1-6-10(14-5-15-11(6)16)7-2-8(12)4-9(13)3-7/h2-5H,1H3,(H,14,15,16). The summed E-state index contributed by atoms with van der Waals surface area (Å²) in [6.45, 7) is 1.83. The van der Waals surface area contributed by atoms with Crippen LogP contribution in [0.25, 0.3) is 11.3 Å². The molecule has 2 nitrogen and oxygen atoms in total. The van der Waals surface area contributed by atoms with E-state index < -0.39 is 0 Å². The fourth-order valence-corrected chi connectivity index (χ4v) is 1.84. The molecule has 2 aromatic rings. The Hall–Kier alpha value is -1.26. The highest BCUT2D eigenvalue weighted by Crippen LogP contribution is 2.25. The van der Waals surface area contributed by atoms with Gasteiger partial charge < -0.3 is 4.98 Å². The molecule has 1 aromatic carbocycles. The summed E-state index contributed by atoms with van der Waals surface area (Å²) in [5.74, 6) is -0.377. The third-order valence-electron chi connectivity index (χ3n) is 2.24. The van der Waals surface area contributed by atoms with Crippen LogP contribution in [0.3, 0.4) is 0 Å². The number of nitrogens with one attached hydrogen (secondary N) is 1. The zero-order chi connectivity index (χ0) is 11.7. The molecule has 0 saturated carbocycles. The predicted octanol–water partition coefficient (Wildman–Crippen LogP) is 3.91. The summed E-state index contributed by atoms with van der Waals surface area (Å²) in [5.41, 5.74) is 2.21. The molecule has 5 heteroatoms. The lowest BCUT2D eigenvalue weighted by Gasteiger charge is -2.06. The molecule has 0 aliphatic carbocycles. The lowest BCUT2D eigenvalue weighted by atomic mass is 10.1. The van der Waals surface area contributed by atoms with Crippen molar-refractivity contribution in [3.63, 3.8) is 0 Å². The highest BCUT2D eigenvalue weighted by Gasteiger charge is 2.06. The van der Waals surface area contributed by atoms with Gasteiger partial charge in [0.25, 0.3) is 0 Å². The van der Waals surface area contributed by atoms with Gasteiger partial charge in [0.1, 0.15) is 10.5 Å². The van der Waals surface area contributed by atoms with Gasteiger partial charge in [-0.25, -0.2) is 9.37 Å². The summed E-state index contributed by atoms with van der Waals surface area (Å²) in [6, 6.07) is 4.34. The monoisotopic (exact) mass is 254 g/mol. The Kier molecular flexibility index (Phi) is 3.03. The Morgan fingerprint density at radius 2 is 2.12 bits per heavy atom. The van der Waals surface area contributed by atoms with Gasteiger partial charge in [-0.1, -0.05) is 23.8 Å². The molecule has 0 atom stereocenters. The lowest BCUT2D eigenvalue weighted by Crippen LogP contribution is -1.92. The number of hydrogen-bond acceptors (Lipinski definition) is 2. The number of halogens is 2. The normalized spacial score (nSPS) is 10.4. The van der Waals surface area contributed by atoms with Gasteiger partial charge in [-0.3, -0.25) is 0 Å². The number of nitrogens with zero attached hydrogens (tertiary/aromatic N) is 1. The minimum atomic E-state index is -0.377. The molecule has 16 heavy (non-hydrogen) atoms. The van der Waals surface area contributed by atoms with Crippen molar-refractivity contribution in [3.05, 3.63) is 45.6 Å². The van der Waals surface area contributed by atoms with E-state index in [-0.39, 0.29) is 5.82 Å². The number of hydrogen-bond donors (Lipinski definition) is 1. The summed E-state index contributed by atoms with van der Waals surface area (Å²) in [5, 5.41) is 0.352. The van der Waals surface area contributed by atoms with Gasteiger partial charge in [0, 0.05) is 16.1 Å². The van der Waals surface area contributed by atoms with Crippen molar-refractivity contribution in [1.29, 1.82) is 0 Å². The average Bonchev–Trinajstić information content (AvgIpc) is 2.20. The Morgan fingerprint density at radius 3 is 2.81 bits per heavy atom. The third-order valence-corrected chi connectivity index (χ3v) is 2.87. The van der Waals surface area contributed by atoms with E-state index in [1.165, 1.54) is 18.5 Å². The SMILES string of the molecule is Cc1c(-c2cc(F)cc(Cl)c2)[nH]cnc1=S. The summed E-state index contributed by atoms with van der Waals surface area (Å²) < 4.78 is 13.7. The molecule has 0 aliphatic heterocycles. The van der Waals surface area contributed by atoms with Crippen LogP contribution in [0.1, 0.15) is 5.56 Å². The molecule has 0 saturated heterocycles. The van der Waals surface area contributed by atoms with Gasteiger partial charge in [-0.15, -0.1) is 0 Å². The first-order chi connectivity index (χ1) is 7.58. The van der Waals surface area contributed by atoms with E-state index in [9.17, 15) is 4.39 Å². The van der Waals surface area contributed by atoms with Gasteiger partial charge in [0.2, 0.25) is 0 Å². The first kappa shape index (κ1) is 11.2. The second-order valence-electron chi connectivity index (χ2n) is 3.37. The highest BCUT2D eigenvalue weighted by molar-refractivity contribution is 7.71. The minimum Gasteiger partial charge on any atom is -0.346 e. The number of aromatic nitrogens is 2. The first-order valence-corrected chi connectivity index (χ1v) is 5.37. The molecule has 1 N–H and O–H groups in total. The average molecular weight is 255 g/mol. The van der Waals surface area contributed by atoms with E-state index in [0.29, 0.717) is 15.2 Å². The maximum atomic E-state index is 13.2. The van der Waals surface area contributed by atoms with E-state index in [1.807, 2.05) is 6.92 Å². The van der Waals surface area contributed by atoms with Gasteiger partial charge >= 0.3 is 0 Å². The van der Waals surface area contributed by atoms with Crippen LogP contribution in [0.15, 0.2) is 24.5 Å². The van der Waals surface area contributed by atoms with Crippen LogP contribution in [-0.2, 0) is 0 Å². The Balaban J connectivity index is 2.67. The number of rotatable bonds is 1. The Labute approximate surface area is 102 Å². The third kappa shape index (κ3) is 2.13. The van der Waals surface area contributed by atoms with Crippen molar-refractivity contribution in [2.45, 2.75) is 6.92 Å². The number of benzene rings is 1. The Bertz CT molecular complexity index is 575. The minimum absolute atomic E-state index is 0.352. The molecule has 1 heterocycles. The van der Waals surface area contributed by atoms with Gasteiger partial charge in [0.15, 0.2) is 0 Å². The smallest absolute Gasteiger partial charge is 0.132 e. The zero-order valence-electron chi connectivity index (χ0n) is 8.42. The van der Waals surface area contributed by atoms with Crippen LogP contribution >= 0.6 is 23.8 Å². The molecule has 0 radical (unpaired) electrons. The number of H-pyrrole nitrogens is 1. The maximum absolute atomic E-state index is 13.2. The molecule has 2 rings (SSSR count). The first-order valence-electron chi connectivity index (χ1n) is 4.58. The van der Waals surface area contributed by atoms with Crippen molar-refractivity contribution < 1.29 is 4.39 Å². The van der Waals surface area contributed by atoms with Crippen molar-refractivity contribution in [2.24, 2.45) is 0 Å². The van der Waals surface area contributed by atoms with Gasteiger partial charge in [-0.05, 0) is 25.1 Å². The fourth-order valence-electron chi connectivity index (χ4n) is 1.47. The van der Waals surface area contributed by atoms with Crippen LogP contribution in [-0.4, -0.2) is 9.97 Å². The highest BCUT2D eigenvalue weighted by atomic mass is 35.5. The summed E-state index contributed by atoms with van der Waals surface area (Å²) in [7, 11) is 0. The summed E-state index contributed by atoms with van der Waals surface area (Å²) in [6.07, 6.45) is 1.49. The second-order valence-corrected chi connectivity index (χ2v) is 4.19. The van der Waals surface area contributed by atoms with Crippen molar-refractivity contribution in [3.8, 4) is 11.3 Å². The Morgan fingerprint density at radius 1 is 1.38 bits per heavy atom. The van der Waals surface area contributed by atoms with E-state index >= 15 is 0 Å². The van der Waals surface area contributed by atoms with Crippen LogP contribution < -0.4 is 0 Å². The van der Waals surface area contributed by atoms with Crippen molar-refractivity contribution >= 4 is 23.8 Å². The quantitative estimate of drug-likeness (QED) is 0.782. The summed E-state index contributed by atoms with van der Waals surface area (Å²) >= 11 is 10.8. The molecular weight excluding hydrogens is 247 g/mol. The molecule has 0 spiro atoms. The van der Waals surface area contributed by atoms with E-state index in [0.717, 1.165) is 11.3 Å². The molecule has 0 aliphatic rings. The van der Waals surface area contributed by atoms with Crippen LogP contribution in [0, 0.1) is 17.4 Å². The second kappa shape index (κ2) is 4.31. The molecule has 0 amide bonds. The van der Waals surface area contributed by atoms with E-state index in [2.05, 4.69) is 9.97 Å². The fraction of sp³-hybridized carbons (Fsp3) is 0.0909. The van der Waals surface area contributed by atoms with Crippen LogP contribution in [0.4, 0.5) is 4.39 Å². The maximum Gasteiger partial charge on any atom is 0.132 e. The van der Waals surface area contributed by atoms with Crippen molar-refractivity contribution in [2.75, 3.05) is 0 Å². The van der Waals surface area contributed by atoms with Crippen LogP contribution in [0.2, 0.25) is 5.02 Å².